The Hall–Kier alpha value is -2.43. The molecule has 1 aromatic carbocycles. The molecular formula is C13H16N2O3. The number of nitrogens with zero attached hydrogens (tertiary/aromatic N) is 1. The second-order valence-electron chi connectivity index (χ2n) is 3.49. The Bertz CT molecular complexity index is 468. The van der Waals surface area contributed by atoms with Crippen LogP contribution >= 0.6 is 0 Å². The highest BCUT2D eigenvalue weighted by atomic mass is 16.2. The van der Waals surface area contributed by atoms with E-state index >= 15 is 0 Å². The van der Waals surface area contributed by atoms with Gasteiger partial charge in [0.1, 0.15) is 0 Å². The van der Waals surface area contributed by atoms with E-state index in [1.807, 2.05) is 6.07 Å². The fraction of sp³-hybridized carbons (Fsp3) is 0.154. The third kappa shape index (κ3) is 3.55. The van der Waals surface area contributed by atoms with Crippen LogP contribution in [0.5, 0.6) is 0 Å². The molecule has 1 heterocycles. The lowest BCUT2D eigenvalue weighted by Gasteiger charge is -2.12. The summed E-state index contributed by atoms with van der Waals surface area (Å²) in [6, 6.07) is 8.86. The first kappa shape index (κ1) is 13.6. The fourth-order valence-corrected chi connectivity index (χ4v) is 1.23. The van der Waals surface area contributed by atoms with Crippen LogP contribution < -0.4 is 10.2 Å². The summed E-state index contributed by atoms with van der Waals surface area (Å²) in [6.07, 6.45) is 2.55. The van der Waals surface area contributed by atoms with Crippen molar-refractivity contribution in [2.75, 3.05) is 11.9 Å². The molecule has 1 aliphatic heterocycles. The first-order valence-electron chi connectivity index (χ1n) is 5.35. The number of amides is 3. The highest BCUT2D eigenvalue weighted by molar-refractivity contribution is 6.28. The van der Waals surface area contributed by atoms with Gasteiger partial charge in [0.25, 0.3) is 11.8 Å². The molecule has 0 aromatic heterocycles. The zero-order valence-corrected chi connectivity index (χ0v) is 10.2. The third-order valence-corrected chi connectivity index (χ3v) is 2.18. The third-order valence-electron chi connectivity index (χ3n) is 2.18. The summed E-state index contributed by atoms with van der Waals surface area (Å²) in [6.45, 7) is 1.47. The van der Waals surface area contributed by atoms with Crippen molar-refractivity contribution in [2.24, 2.45) is 0 Å². The largest absolute Gasteiger partial charge is 0.359 e. The molecule has 0 saturated heterocycles. The van der Waals surface area contributed by atoms with E-state index in [1.54, 1.807) is 31.3 Å². The second kappa shape index (κ2) is 6.34. The summed E-state index contributed by atoms with van der Waals surface area (Å²) in [5.41, 5.74) is 0.613. The fourth-order valence-electron chi connectivity index (χ4n) is 1.23. The lowest BCUT2D eigenvalue weighted by Crippen LogP contribution is -2.29. The molecule has 0 bridgehead atoms. The van der Waals surface area contributed by atoms with Crippen LogP contribution in [-0.4, -0.2) is 24.8 Å². The van der Waals surface area contributed by atoms with Gasteiger partial charge in [-0.1, -0.05) is 18.2 Å². The summed E-state index contributed by atoms with van der Waals surface area (Å²) in [5, 5.41) is 2.39. The van der Waals surface area contributed by atoms with Gasteiger partial charge in [-0.15, -0.1) is 0 Å². The number of nitrogens with one attached hydrogen (secondary N) is 1. The van der Waals surface area contributed by atoms with Crippen LogP contribution in [0.15, 0.2) is 42.5 Å². The van der Waals surface area contributed by atoms with Gasteiger partial charge < -0.3 is 5.32 Å². The van der Waals surface area contributed by atoms with Gasteiger partial charge in [0.2, 0.25) is 5.91 Å². The molecule has 0 fully saturated rings. The van der Waals surface area contributed by atoms with E-state index in [-0.39, 0.29) is 19.1 Å². The maximum Gasteiger partial charge on any atom is 0.258 e. The standard InChI is InChI=1S/C10H7NO2.C3H7NO.H2/c12-9-6-7-10(13)11(9)8-4-2-1-3-5-8;1-3(5)4-2;/h1-7H;1-2H3,(H,4,5);1H. The molecule has 5 nitrogen and oxygen atoms in total. The Morgan fingerprint density at radius 3 is 1.94 bits per heavy atom. The predicted octanol–water partition coefficient (Wildman–Crippen LogP) is 1.11. The van der Waals surface area contributed by atoms with Crippen LogP contribution in [0, 0.1) is 0 Å². The lowest BCUT2D eigenvalue weighted by atomic mass is 10.3. The lowest BCUT2D eigenvalue weighted by molar-refractivity contribution is -0.120. The summed E-state index contributed by atoms with van der Waals surface area (Å²) in [4.78, 5) is 33.2. The summed E-state index contributed by atoms with van der Waals surface area (Å²) >= 11 is 0. The van der Waals surface area contributed by atoms with Gasteiger partial charge in [0.15, 0.2) is 0 Å². The molecule has 0 unspecified atom stereocenters. The van der Waals surface area contributed by atoms with E-state index in [4.69, 9.17) is 0 Å². The normalized spacial score (nSPS) is 13.1. The summed E-state index contributed by atoms with van der Waals surface area (Å²) in [5.74, 6) is -0.558. The first-order valence-corrected chi connectivity index (χ1v) is 5.35. The van der Waals surface area contributed by atoms with Crippen LogP contribution in [0.2, 0.25) is 0 Å². The van der Waals surface area contributed by atoms with Crippen LogP contribution in [0.4, 0.5) is 5.69 Å². The minimum atomic E-state index is -0.281. The van der Waals surface area contributed by atoms with Gasteiger partial charge in [-0.25, -0.2) is 4.90 Å². The molecule has 1 N–H and O–H groups in total. The van der Waals surface area contributed by atoms with E-state index < -0.39 is 0 Å². The molecule has 1 aliphatic rings. The Kier molecular flexibility index (Phi) is 4.80. The number of carbonyl (C=O) groups is 3. The molecule has 18 heavy (non-hydrogen) atoms. The molecule has 5 heteroatoms. The summed E-state index contributed by atoms with van der Waals surface area (Å²) < 4.78 is 0. The van der Waals surface area contributed by atoms with Gasteiger partial charge in [0.05, 0.1) is 5.69 Å². The molecular weight excluding hydrogens is 232 g/mol. The van der Waals surface area contributed by atoms with Crippen molar-refractivity contribution in [3.05, 3.63) is 42.5 Å². The van der Waals surface area contributed by atoms with Crippen LogP contribution in [-0.2, 0) is 14.4 Å². The highest BCUT2D eigenvalue weighted by Gasteiger charge is 2.24. The van der Waals surface area contributed by atoms with Crippen LogP contribution in [0.3, 0.4) is 0 Å². The number of hydrogen-bond acceptors (Lipinski definition) is 3. The minimum Gasteiger partial charge on any atom is -0.359 e. The SMILES string of the molecule is CNC(C)=O.O=C1C=CC(=O)N1c1ccccc1.[HH]. The number of rotatable bonds is 1. The van der Waals surface area contributed by atoms with Gasteiger partial charge >= 0.3 is 0 Å². The minimum absolute atomic E-state index is 0. The molecule has 0 spiro atoms. The van der Waals surface area contributed by atoms with E-state index in [2.05, 4.69) is 5.32 Å². The van der Waals surface area contributed by atoms with E-state index in [0.717, 1.165) is 4.90 Å². The Morgan fingerprint density at radius 2 is 1.56 bits per heavy atom. The number of anilines is 1. The van der Waals surface area contributed by atoms with Crippen molar-refractivity contribution in [2.45, 2.75) is 6.92 Å². The van der Waals surface area contributed by atoms with E-state index in [0.29, 0.717) is 5.69 Å². The van der Waals surface area contributed by atoms with Gasteiger partial charge in [-0.05, 0) is 12.1 Å². The maximum atomic E-state index is 11.2. The van der Waals surface area contributed by atoms with Crippen LogP contribution in [0.25, 0.3) is 0 Å². The second-order valence-corrected chi connectivity index (χ2v) is 3.49. The summed E-state index contributed by atoms with van der Waals surface area (Å²) in [7, 11) is 1.60. The molecule has 96 valence electrons. The van der Waals surface area contributed by atoms with Crippen molar-refractivity contribution in [3.8, 4) is 0 Å². The zero-order chi connectivity index (χ0) is 13.5. The Balaban J connectivity index is 0.000000471. The monoisotopic (exact) mass is 248 g/mol. The number of benzene rings is 1. The molecule has 0 aliphatic carbocycles. The Morgan fingerprint density at radius 1 is 1.11 bits per heavy atom. The average molecular weight is 248 g/mol. The van der Waals surface area contributed by atoms with Crippen molar-refractivity contribution in [3.63, 3.8) is 0 Å². The number of carbonyl (C=O) groups excluding carboxylic acids is 3. The van der Waals surface area contributed by atoms with Crippen molar-refractivity contribution in [1.29, 1.82) is 0 Å². The van der Waals surface area contributed by atoms with Crippen molar-refractivity contribution in [1.82, 2.24) is 5.32 Å². The highest BCUT2D eigenvalue weighted by Crippen LogP contribution is 2.17. The Labute approximate surface area is 107 Å². The quantitative estimate of drug-likeness (QED) is 0.757. The number of imide groups is 1. The van der Waals surface area contributed by atoms with Gasteiger partial charge in [-0.2, -0.15) is 0 Å². The molecule has 0 radical (unpaired) electrons. The average Bonchev–Trinajstić information content (AvgIpc) is 2.71. The topological polar surface area (TPSA) is 66.5 Å². The molecule has 0 saturated carbocycles. The first-order chi connectivity index (χ1) is 8.56. The maximum absolute atomic E-state index is 11.2. The number of hydrogen-bond donors (Lipinski definition) is 1. The molecule has 3 amide bonds. The van der Waals surface area contributed by atoms with E-state index in [9.17, 15) is 14.4 Å². The van der Waals surface area contributed by atoms with E-state index in [1.165, 1.54) is 19.1 Å². The molecule has 0 atom stereocenters. The van der Waals surface area contributed by atoms with Crippen LogP contribution in [0.1, 0.15) is 8.35 Å². The van der Waals surface area contributed by atoms with Crippen molar-refractivity contribution < 1.29 is 15.8 Å². The molecule has 1 aromatic rings. The molecule has 2 rings (SSSR count). The predicted molar refractivity (Wildman–Crippen MR) is 69.9 cm³/mol. The zero-order valence-electron chi connectivity index (χ0n) is 10.2. The smallest absolute Gasteiger partial charge is 0.258 e. The number of para-hydroxylation sites is 1. The van der Waals surface area contributed by atoms with Crippen molar-refractivity contribution >= 4 is 23.4 Å². The van der Waals surface area contributed by atoms with Gasteiger partial charge in [-0.3, -0.25) is 14.4 Å². The van der Waals surface area contributed by atoms with Gasteiger partial charge in [0, 0.05) is 27.6 Å².